The van der Waals surface area contributed by atoms with Gasteiger partial charge in [-0.3, -0.25) is 0 Å². The monoisotopic (exact) mass is 138 g/mol. The summed E-state index contributed by atoms with van der Waals surface area (Å²) < 4.78 is 2.01. The molecule has 1 N–H and O–H groups in total. The molecular formula is C8H12NO+. The molecule has 0 unspecified atom stereocenters. The fourth-order valence-corrected chi connectivity index (χ4v) is 0.933. The van der Waals surface area contributed by atoms with Crippen molar-refractivity contribution in [2.45, 2.75) is 6.42 Å². The van der Waals surface area contributed by atoms with Crippen LogP contribution in [0, 0.1) is 0 Å². The second-order valence-electron chi connectivity index (χ2n) is 2.28. The summed E-state index contributed by atoms with van der Waals surface area (Å²) in [7, 11) is 1.98. The van der Waals surface area contributed by atoms with Crippen molar-refractivity contribution in [1.29, 1.82) is 0 Å². The zero-order chi connectivity index (χ0) is 7.40. The number of rotatable bonds is 2. The van der Waals surface area contributed by atoms with Gasteiger partial charge in [0, 0.05) is 12.1 Å². The van der Waals surface area contributed by atoms with Crippen LogP contribution in [-0.2, 0) is 13.5 Å². The van der Waals surface area contributed by atoms with Gasteiger partial charge in [0.2, 0.25) is 0 Å². The summed E-state index contributed by atoms with van der Waals surface area (Å²) >= 11 is 0. The predicted molar refractivity (Wildman–Crippen MR) is 38.4 cm³/mol. The summed E-state index contributed by atoms with van der Waals surface area (Å²) in [6, 6.07) is 5.96. The van der Waals surface area contributed by atoms with Crippen molar-refractivity contribution in [3.8, 4) is 0 Å². The van der Waals surface area contributed by atoms with E-state index >= 15 is 0 Å². The first-order valence-corrected chi connectivity index (χ1v) is 3.39. The summed E-state index contributed by atoms with van der Waals surface area (Å²) in [6.07, 6.45) is 2.71. The number of pyridine rings is 1. The summed E-state index contributed by atoms with van der Waals surface area (Å²) in [5.74, 6) is 0. The van der Waals surface area contributed by atoms with E-state index in [9.17, 15) is 0 Å². The van der Waals surface area contributed by atoms with Gasteiger partial charge in [-0.15, -0.1) is 0 Å². The minimum Gasteiger partial charge on any atom is -0.396 e. The highest BCUT2D eigenvalue weighted by Gasteiger charge is 2.01. The van der Waals surface area contributed by atoms with E-state index in [1.165, 1.54) is 0 Å². The Hall–Kier alpha value is -0.890. The molecule has 0 amide bonds. The third-order valence-corrected chi connectivity index (χ3v) is 1.53. The van der Waals surface area contributed by atoms with Gasteiger partial charge in [0.05, 0.1) is 13.0 Å². The number of nitrogens with zero attached hydrogens (tertiary/aromatic N) is 1. The lowest BCUT2D eigenvalue weighted by atomic mass is 10.3. The average Bonchev–Trinajstić information content (AvgIpc) is 1.94. The first-order chi connectivity index (χ1) is 4.84. The Morgan fingerprint density at radius 1 is 1.50 bits per heavy atom. The zero-order valence-corrected chi connectivity index (χ0v) is 6.12. The molecule has 0 aliphatic heterocycles. The van der Waals surface area contributed by atoms with Crippen LogP contribution in [0.2, 0.25) is 0 Å². The molecule has 0 aromatic carbocycles. The Labute approximate surface area is 60.8 Å². The van der Waals surface area contributed by atoms with Crippen molar-refractivity contribution < 1.29 is 9.67 Å². The SMILES string of the molecule is C[n+]1ccccc1CCO. The fourth-order valence-electron chi connectivity index (χ4n) is 0.933. The number of aryl methyl sites for hydroxylation is 1. The highest BCUT2D eigenvalue weighted by Crippen LogP contribution is 1.89. The Kier molecular flexibility index (Phi) is 2.40. The van der Waals surface area contributed by atoms with Gasteiger partial charge < -0.3 is 5.11 Å². The molecule has 54 valence electrons. The van der Waals surface area contributed by atoms with Crippen LogP contribution >= 0.6 is 0 Å². The molecule has 0 bridgehead atoms. The van der Waals surface area contributed by atoms with Crippen molar-refractivity contribution in [1.82, 2.24) is 0 Å². The molecule has 0 atom stereocenters. The van der Waals surface area contributed by atoms with Gasteiger partial charge in [-0.2, -0.15) is 0 Å². The number of aliphatic hydroxyl groups excluding tert-OH is 1. The maximum absolute atomic E-state index is 8.63. The Balaban J connectivity index is 2.81. The molecule has 0 fully saturated rings. The molecule has 0 saturated heterocycles. The summed E-state index contributed by atoms with van der Waals surface area (Å²) in [5, 5.41) is 8.63. The molecule has 1 heterocycles. The normalized spacial score (nSPS) is 9.80. The van der Waals surface area contributed by atoms with Crippen LogP contribution in [0.25, 0.3) is 0 Å². The Bertz CT molecular complexity index is 210. The Morgan fingerprint density at radius 2 is 2.30 bits per heavy atom. The predicted octanol–water partition coefficient (Wildman–Crippen LogP) is 0.0459. The van der Waals surface area contributed by atoms with E-state index in [-0.39, 0.29) is 6.61 Å². The third kappa shape index (κ3) is 1.54. The van der Waals surface area contributed by atoms with Crippen molar-refractivity contribution in [3.05, 3.63) is 30.1 Å². The first-order valence-electron chi connectivity index (χ1n) is 3.39. The van der Waals surface area contributed by atoms with E-state index in [2.05, 4.69) is 0 Å². The molecule has 1 aromatic rings. The van der Waals surface area contributed by atoms with Crippen molar-refractivity contribution in [2.24, 2.45) is 7.05 Å². The third-order valence-electron chi connectivity index (χ3n) is 1.53. The second-order valence-corrected chi connectivity index (χ2v) is 2.28. The van der Waals surface area contributed by atoms with Crippen LogP contribution in [0.4, 0.5) is 0 Å². The molecule has 2 nitrogen and oxygen atoms in total. The minimum atomic E-state index is 0.220. The van der Waals surface area contributed by atoms with Crippen molar-refractivity contribution >= 4 is 0 Å². The van der Waals surface area contributed by atoms with Gasteiger partial charge in [-0.05, 0) is 0 Å². The Morgan fingerprint density at radius 3 is 2.90 bits per heavy atom. The van der Waals surface area contributed by atoms with Gasteiger partial charge >= 0.3 is 0 Å². The highest BCUT2D eigenvalue weighted by atomic mass is 16.3. The van der Waals surface area contributed by atoms with Gasteiger partial charge in [0.15, 0.2) is 11.9 Å². The van der Waals surface area contributed by atoms with Crippen LogP contribution in [0.3, 0.4) is 0 Å². The summed E-state index contributed by atoms with van der Waals surface area (Å²) in [4.78, 5) is 0. The maximum Gasteiger partial charge on any atom is 0.183 e. The molecule has 2 heteroatoms. The summed E-state index contributed by atoms with van der Waals surface area (Å²) in [6.45, 7) is 0.220. The number of aliphatic hydroxyl groups is 1. The van der Waals surface area contributed by atoms with Crippen LogP contribution in [0.15, 0.2) is 24.4 Å². The lowest BCUT2D eigenvalue weighted by molar-refractivity contribution is -0.679. The molecule has 1 rings (SSSR count). The van der Waals surface area contributed by atoms with E-state index in [4.69, 9.17) is 5.11 Å². The van der Waals surface area contributed by atoms with Crippen LogP contribution in [-0.4, -0.2) is 11.7 Å². The van der Waals surface area contributed by atoms with Crippen LogP contribution in [0.5, 0.6) is 0 Å². The van der Waals surface area contributed by atoms with E-state index in [0.29, 0.717) is 0 Å². The first kappa shape index (κ1) is 7.22. The lowest BCUT2D eigenvalue weighted by Gasteiger charge is -1.94. The molecule has 1 aromatic heterocycles. The van der Waals surface area contributed by atoms with Gasteiger partial charge in [0.1, 0.15) is 7.05 Å². The quantitative estimate of drug-likeness (QED) is 0.573. The van der Waals surface area contributed by atoms with E-state index in [1.807, 2.05) is 36.0 Å². The van der Waals surface area contributed by atoms with E-state index in [1.54, 1.807) is 0 Å². The van der Waals surface area contributed by atoms with Crippen LogP contribution < -0.4 is 4.57 Å². The number of aromatic nitrogens is 1. The second kappa shape index (κ2) is 3.32. The molecule has 0 aliphatic rings. The lowest BCUT2D eigenvalue weighted by Crippen LogP contribution is -2.33. The number of hydrogen-bond acceptors (Lipinski definition) is 1. The fraction of sp³-hybridized carbons (Fsp3) is 0.375. The molecule has 0 radical (unpaired) electrons. The standard InChI is InChI=1S/C8H12NO/c1-9-6-3-2-4-8(9)5-7-10/h2-4,6,10H,5,7H2,1H3/q+1. The van der Waals surface area contributed by atoms with E-state index in [0.717, 1.165) is 12.1 Å². The summed E-state index contributed by atoms with van der Waals surface area (Å²) in [5.41, 5.74) is 1.16. The van der Waals surface area contributed by atoms with Gasteiger partial charge in [0.25, 0.3) is 0 Å². The topological polar surface area (TPSA) is 24.1 Å². The molecule has 0 spiro atoms. The maximum atomic E-state index is 8.63. The molecular weight excluding hydrogens is 126 g/mol. The minimum absolute atomic E-state index is 0.220. The van der Waals surface area contributed by atoms with E-state index < -0.39 is 0 Å². The van der Waals surface area contributed by atoms with Crippen molar-refractivity contribution in [2.75, 3.05) is 6.61 Å². The largest absolute Gasteiger partial charge is 0.396 e. The molecule has 0 aliphatic carbocycles. The van der Waals surface area contributed by atoms with Crippen LogP contribution in [0.1, 0.15) is 5.69 Å². The number of hydrogen-bond donors (Lipinski definition) is 1. The van der Waals surface area contributed by atoms with Gasteiger partial charge in [-0.25, -0.2) is 4.57 Å². The highest BCUT2D eigenvalue weighted by molar-refractivity contribution is 4.96. The average molecular weight is 138 g/mol. The smallest absolute Gasteiger partial charge is 0.183 e. The zero-order valence-electron chi connectivity index (χ0n) is 6.12. The van der Waals surface area contributed by atoms with Gasteiger partial charge in [-0.1, -0.05) is 6.07 Å². The molecule has 0 saturated carbocycles. The van der Waals surface area contributed by atoms with Crippen molar-refractivity contribution in [3.63, 3.8) is 0 Å². The molecule has 10 heavy (non-hydrogen) atoms.